The molecule has 6 atom stereocenters. The molecular weight excluding hydrogens is 410 g/mol. The molecule has 0 aromatic heterocycles. The summed E-state index contributed by atoms with van der Waals surface area (Å²) in [4.78, 5) is 24.6. The van der Waals surface area contributed by atoms with Crippen molar-refractivity contribution < 1.29 is 34.7 Å². The number of halogens is 1. The van der Waals surface area contributed by atoms with E-state index < -0.39 is 43.0 Å². The van der Waals surface area contributed by atoms with E-state index >= 15 is 0 Å². The number of amides is 2. The zero-order valence-corrected chi connectivity index (χ0v) is 17.7. The third kappa shape index (κ3) is 6.99. The number of aliphatic hydroxyl groups is 4. The summed E-state index contributed by atoms with van der Waals surface area (Å²) in [7, 11) is 0. The van der Waals surface area contributed by atoms with E-state index in [1.165, 1.54) is 0 Å². The fraction of sp³-hybridized carbons (Fsp3) is 0.941. The number of nitrogens with zero attached hydrogens (tertiary/aromatic N) is 3. The normalized spacial score (nSPS) is 28.2. The van der Waals surface area contributed by atoms with E-state index in [-0.39, 0.29) is 31.5 Å². The molecule has 0 aromatic rings. The minimum absolute atomic E-state index is 0.000886. The summed E-state index contributed by atoms with van der Waals surface area (Å²) in [5, 5.41) is 44.6. The summed E-state index contributed by atoms with van der Waals surface area (Å²) in [6.07, 6.45) is -7.97. The fourth-order valence-corrected chi connectivity index (χ4v) is 3.03. The Morgan fingerprint density at radius 1 is 1.24 bits per heavy atom. The Morgan fingerprint density at radius 2 is 1.90 bits per heavy atom. The second kappa shape index (κ2) is 12.6. The fourth-order valence-electron chi connectivity index (χ4n) is 2.87. The molecule has 0 radical (unpaired) electrons. The molecule has 1 aliphatic heterocycles. The van der Waals surface area contributed by atoms with Gasteiger partial charge in [0.25, 0.3) is 0 Å². The van der Waals surface area contributed by atoms with Crippen molar-refractivity contribution in [2.24, 2.45) is 11.2 Å². The third-order valence-electron chi connectivity index (χ3n) is 4.42. The van der Waals surface area contributed by atoms with Crippen LogP contribution >= 0.6 is 11.6 Å². The first-order valence-corrected chi connectivity index (χ1v) is 10.2. The largest absolute Gasteiger partial charge is 0.387 e. The average Bonchev–Trinajstić information content (AvgIpc) is 2.69. The zero-order valence-electron chi connectivity index (χ0n) is 16.9. The molecule has 1 fully saturated rings. The van der Waals surface area contributed by atoms with E-state index in [0.29, 0.717) is 11.4 Å². The Hall–Kier alpha value is -1.08. The van der Waals surface area contributed by atoms with Crippen LogP contribution in [0.25, 0.3) is 0 Å². The van der Waals surface area contributed by atoms with Crippen LogP contribution in [0.4, 0.5) is 4.79 Å². The first kappa shape index (κ1) is 26.0. The molecular formula is C17H32ClN3O8. The van der Waals surface area contributed by atoms with E-state index in [1.54, 1.807) is 13.8 Å². The number of urea groups is 1. The van der Waals surface area contributed by atoms with Crippen LogP contribution in [0, 0.1) is 10.8 Å². The zero-order chi connectivity index (χ0) is 22.1. The molecule has 0 bridgehead atoms. The first-order valence-electron chi connectivity index (χ1n) is 9.66. The van der Waals surface area contributed by atoms with E-state index in [4.69, 9.17) is 21.1 Å². The third-order valence-corrected chi connectivity index (χ3v) is 4.59. The van der Waals surface area contributed by atoms with Gasteiger partial charge in [-0.3, -0.25) is 4.90 Å². The minimum atomic E-state index is -1.75. The Bertz CT molecular complexity index is 515. The van der Waals surface area contributed by atoms with Gasteiger partial charge in [-0.15, -0.1) is 16.5 Å². The number of nitroso groups, excluding NO2 is 1. The number of hydrogen-bond donors (Lipinski definition) is 4. The number of alkyl halides is 1. The van der Waals surface area contributed by atoms with Crippen molar-refractivity contribution in [1.82, 2.24) is 9.91 Å². The van der Waals surface area contributed by atoms with Crippen molar-refractivity contribution in [2.75, 3.05) is 25.6 Å². The van der Waals surface area contributed by atoms with E-state index in [1.807, 2.05) is 6.92 Å². The van der Waals surface area contributed by atoms with E-state index in [9.17, 15) is 30.1 Å². The molecule has 0 aromatic carbocycles. The van der Waals surface area contributed by atoms with Crippen molar-refractivity contribution >= 4 is 17.6 Å². The molecule has 4 N–H and O–H groups in total. The van der Waals surface area contributed by atoms with Gasteiger partial charge in [0.2, 0.25) is 0 Å². The van der Waals surface area contributed by atoms with Crippen LogP contribution in [0.15, 0.2) is 5.29 Å². The Labute approximate surface area is 175 Å². The number of aliphatic hydroxyl groups excluding tert-OH is 4. The van der Waals surface area contributed by atoms with Crippen molar-refractivity contribution in [2.45, 2.75) is 70.5 Å². The van der Waals surface area contributed by atoms with Gasteiger partial charge in [-0.1, -0.05) is 27.2 Å². The van der Waals surface area contributed by atoms with Crippen LogP contribution < -0.4 is 0 Å². The molecule has 2 amide bonds. The second-order valence-corrected chi connectivity index (χ2v) is 7.68. The summed E-state index contributed by atoms with van der Waals surface area (Å²) in [6, 6.07) is -0.929. The smallest absolute Gasteiger partial charge is 0.345 e. The minimum Gasteiger partial charge on any atom is -0.387 e. The monoisotopic (exact) mass is 441 g/mol. The Balaban J connectivity index is 3.06. The molecule has 12 heteroatoms. The van der Waals surface area contributed by atoms with Crippen molar-refractivity contribution in [1.29, 1.82) is 0 Å². The van der Waals surface area contributed by atoms with Crippen molar-refractivity contribution in [3.8, 4) is 0 Å². The van der Waals surface area contributed by atoms with Crippen LogP contribution in [0.3, 0.4) is 0 Å². The molecule has 0 saturated carbocycles. The lowest BCUT2D eigenvalue weighted by Crippen LogP contribution is -2.65. The number of carbonyl (C=O) groups excluding carboxylic acids is 1. The van der Waals surface area contributed by atoms with Gasteiger partial charge in [-0.2, -0.15) is 5.01 Å². The van der Waals surface area contributed by atoms with Gasteiger partial charge in [0.15, 0.2) is 12.5 Å². The van der Waals surface area contributed by atoms with Gasteiger partial charge in [0, 0.05) is 19.0 Å². The van der Waals surface area contributed by atoms with Crippen LogP contribution in [0.2, 0.25) is 0 Å². The maximum Gasteiger partial charge on any atom is 0.345 e. The highest BCUT2D eigenvalue weighted by molar-refractivity contribution is 6.18. The number of ether oxygens (including phenoxy) is 2. The van der Waals surface area contributed by atoms with Gasteiger partial charge < -0.3 is 29.9 Å². The molecule has 29 heavy (non-hydrogen) atoms. The molecule has 11 nitrogen and oxygen atoms in total. The topological polar surface area (TPSA) is 152 Å². The predicted octanol–water partition coefficient (Wildman–Crippen LogP) is 0.229. The molecule has 1 unspecified atom stereocenters. The highest BCUT2D eigenvalue weighted by Gasteiger charge is 2.49. The molecule has 1 heterocycles. The summed E-state index contributed by atoms with van der Waals surface area (Å²) in [6.45, 7) is 5.55. The number of unbranched alkanes of at least 4 members (excludes halogenated alkanes) is 1. The molecule has 170 valence electrons. The van der Waals surface area contributed by atoms with Crippen molar-refractivity contribution in [3.63, 3.8) is 0 Å². The number of hydrogen-bond acceptors (Lipinski definition) is 9. The summed E-state index contributed by atoms with van der Waals surface area (Å²) in [5.41, 5.74) is 0. The van der Waals surface area contributed by atoms with Gasteiger partial charge in [0.1, 0.15) is 24.4 Å². The predicted molar refractivity (Wildman–Crippen MR) is 104 cm³/mol. The molecule has 1 saturated heterocycles. The van der Waals surface area contributed by atoms with Crippen LogP contribution in [-0.4, -0.2) is 98.9 Å². The van der Waals surface area contributed by atoms with E-state index in [2.05, 4.69) is 5.29 Å². The Kier molecular flexibility index (Phi) is 11.3. The van der Waals surface area contributed by atoms with Gasteiger partial charge in [-0.05, 0) is 12.3 Å². The quantitative estimate of drug-likeness (QED) is 0.117. The lowest BCUT2D eigenvalue weighted by atomic mass is 9.97. The van der Waals surface area contributed by atoms with Crippen LogP contribution in [0.1, 0.15) is 33.6 Å². The lowest BCUT2D eigenvalue weighted by Gasteiger charge is -2.44. The average molecular weight is 442 g/mol. The second-order valence-electron chi connectivity index (χ2n) is 7.30. The van der Waals surface area contributed by atoms with Gasteiger partial charge in [0.05, 0.1) is 11.8 Å². The standard InChI is InChI=1S/C17H32ClN3O8/c1-4-5-8-28-16-13(24)11(22)12(23)14(29-16)15(25)20(9-10(2)3)17(26)21(19-27)7-6-18/h10-16,22-25H,4-9H2,1-3H3/t11-,12-,13+,14-,15?,16+/m0/s1. The summed E-state index contributed by atoms with van der Waals surface area (Å²) < 4.78 is 10.9. The molecule has 0 aliphatic carbocycles. The van der Waals surface area contributed by atoms with Gasteiger partial charge >= 0.3 is 6.03 Å². The van der Waals surface area contributed by atoms with Crippen LogP contribution in [0.5, 0.6) is 0 Å². The van der Waals surface area contributed by atoms with Gasteiger partial charge in [-0.25, -0.2) is 4.79 Å². The summed E-state index contributed by atoms with van der Waals surface area (Å²) >= 11 is 5.58. The molecule has 1 rings (SSSR count). The lowest BCUT2D eigenvalue weighted by molar-refractivity contribution is -0.318. The number of carbonyl (C=O) groups is 1. The maximum absolute atomic E-state index is 12.7. The van der Waals surface area contributed by atoms with E-state index in [0.717, 1.165) is 11.3 Å². The SMILES string of the molecule is CCCCO[C@@H]1O[C@H](C(O)N(CC(C)C)C(=O)N(CCCl)N=O)[C@@H](O)[C@H](O)[C@H]1O. The van der Waals surface area contributed by atoms with Crippen LogP contribution in [-0.2, 0) is 9.47 Å². The molecule has 0 spiro atoms. The first-order chi connectivity index (χ1) is 13.7. The maximum atomic E-state index is 12.7. The summed E-state index contributed by atoms with van der Waals surface area (Å²) in [5.74, 6) is -0.171. The highest BCUT2D eigenvalue weighted by atomic mass is 35.5. The number of rotatable bonds is 11. The Morgan fingerprint density at radius 3 is 2.41 bits per heavy atom. The highest BCUT2D eigenvalue weighted by Crippen LogP contribution is 2.26. The van der Waals surface area contributed by atoms with Crippen molar-refractivity contribution in [3.05, 3.63) is 4.91 Å². The molecule has 1 aliphatic rings.